The highest BCUT2D eigenvalue weighted by molar-refractivity contribution is 5.77. The molecular formula is C16H22N2O5. The molecule has 0 spiro atoms. The summed E-state index contributed by atoms with van der Waals surface area (Å²) in [6.07, 6.45) is 0.500. The molecule has 1 aliphatic rings. The van der Waals surface area contributed by atoms with Gasteiger partial charge in [-0.2, -0.15) is 0 Å². The lowest BCUT2D eigenvalue weighted by Gasteiger charge is -2.17. The SMILES string of the molecule is CCOc1ccc(CNC(=O)N2CCC(C(=O)O)C2)cc1OC. The number of benzene rings is 1. The van der Waals surface area contributed by atoms with E-state index in [1.165, 1.54) is 4.90 Å². The van der Waals surface area contributed by atoms with Crippen molar-refractivity contribution in [2.75, 3.05) is 26.8 Å². The Morgan fingerprint density at radius 1 is 1.39 bits per heavy atom. The summed E-state index contributed by atoms with van der Waals surface area (Å²) in [5.74, 6) is -0.0394. The van der Waals surface area contributed by atoms with Gasteiger partial charge in [-0.3, -0.25) is 4.79 Å². The molecule has 2 N–H and O–H groups in total. The monoisotopic (exact) mass is 322 g/mol. The zero-order valence-electron chi connectivity index (χ0n) is 13.4. The van der Waals surface area contributed by atoms with E-state index in [1.807, 2.05) is 19.1 Å². The molecule has 2 rings (SSSR count). The minimum atomic E-state index is -0.850. The molecule has 0 aromatic heterocycles. The van der Waals surface area contributed by atoms with Crippen LogP contribution in [0, 0.1) is 5.92 Å². The molecule has 7 nitrogen and oxygen atoms in total. The summed E-state index contributed by atoms with van der Waals surface area (Å²) < 4.78 is 10.7. The Bertz CT molecular complexity index is 576. The summed E-state index contributed by atoms with van der Waals surface area (Å²) in [6.45, 7) is 3.51. The van der Waals surface area contributed by atoms with Crippen LogP contribution in [0.5, 0.6) is 11.5 Å². The van der Waals surface area contributed by atoms with E-state index < -0.39 is 11.9 Å². The topological polar surface area (TPSA) is 88.1 Å². The lowest BCUT2D eigenvalue weighted by Crippen LogP contribution is -2.38. The van der Waals surface area contributed by atoms with Crippen molar-refractivity contribution in [3.8, 4) is 11.5 Å². The first-order valence-electron chi connectivity index (χ1n) is 7.60. The van der Waals surface area contributed by atoms with E-state index in [2.05, 4.69) is 5.32 Å². The summed E-state index contributed by atoms with van der Waals surface area (Å²) in [6, 6.07) is 5.23. The number of methoxy groups -OCH3 is 1. The van der Waals surface area contributed by atoms with E-state index in [-0.39, 0.29) is 12.6 Å². The average Bonchev–Trinajstić information content (AvgIpc) is 3.04. The largest absolute Gasteiger partial charge is 0.493 e. The fourth-order valence-electron chi connectivity index (χ4n) is 2.53. The van der Waals surface area contributed by atoms with Gasteiger partial charge < -0.3 is 24.8 Å². The second-order valence-electron chi connectivity index (χ2n) is 5.35. The summed E-state index contributed by atoms with van der Waals surface area (Å²) in [7, 11) is 1.57. The third-order valence-corrected chi connectivity index (χ3v) is 3.80. The average molecular weight is 322 g/mol. The number of carboxylic acid groups (broad SMARTS) is 1. The van der Waals surface area contributed by atoms with E-state index in [0.717, 1.165) is 5.56 Å². The summed E-state index contributed by atoms with van der Waals surface area (Å²) in [4.78, 5) is 24.5. The minimum absolute atomic E-state index is 0.249. The molecule has 23 heavy (non-hydrogen) atoms. The number of carbonyl (C=O) groups is 2. The predicted molar refractivity (Wildman–Crippen MR) is 83.7 cm³/mol. The van der Waals surface area contributed by atoms with Crippen molar-refractivity contribution < 1.29 is 24.2 Å². The number of urea groups is 1. The highest BCUT2D eigenvalue weighted by atomic mass is 16.5. The van der Waals surface area contributed by atoms with Crippen molar-refractivity contribution in [2.24, 2.45) is 5.92 Å². The number of nitrogens with one attached hydrogen (secondary N) is 1. The van der Waals surface area contributed by atoms with E-state index >= 15 is 0 Å². The molecule has 1 aliphatic heterocycles. The zero-order valence-corrected chi connectivity index (χ0v) is 13.4. The molecular weight excluding hydrogens is 300 g/mol. The van der Waals surface area contributed by atoms with Crippen molar-refractivity contribution in [1.29, 1.82) is 0 Å². The third kappa shape index (κ3) is 4.28. The van der Waals surface area contributed by atoms with Crippen LogP contribution in [-0.2, 0) is 11.3 Å². The zero-order chi connectivity index (χ0) is 16.8. The number of carboxylic acids is 1. The molecule has 126 valence electrons. The molecule has 1 heterocycles. The van der Waals surface area contributed by atoms with Gasteiger partial charge in [0.1, 0.15) is 0 Å². The maximum absolute atomic E-state index is 12.1. The van der Waals surface area contributed by atoms with Gasteiger partial charge in [-0.25, -0.2) is 4.79 Å². The van der Waals surface area contributed by atoms with Crippen molar-refractivity contribution in [3.05, 3.63) is 23.8 Å². The molecule has 1 aromatic carbocycles. The van der Waals surface area contributed by atoms with Crippen LogP contribution < -0.4 is 14.8 Å². The highest BCUT2D eigenvalue weighted by Gasteiger charge is 2.30. The maximum Gasteiger partial charge on any atom is 0.317 e. The predicted octanol–water partition coefficient (Wildman–Crippen LogP) is 1.71. The molecule has 1 fully saturated rings. The molecule has 1 aromatic rings. The number of hydrogen-bond acceptors (Lipinski definition) is 4. The summed E-state index contributed by atoms with van der Waals surface area (Å²) in [5.41, 5.74) is 0.882. The Morgan fingerprint density at radius 3 is 2.78 bits per heavy atom. The highest BCUT2D eigenvalue weighted by Crippen LogP contribution is 2.28. The lowest BCUT2D eigenvalue weighted by atomic mass is 10.1. The number of amides is 2. The van der Waals surface area contributed by atoms with E-state index in [0.29, 0.717) is 37.6 Å². The third-order valence-electron chi connectivity index (χ3n) is 3.80. The first-order valence-corrected chi connectivity index (χ1v) is 7.60. The normalized spacial score (nSPS) is 17.0. The van der Waals surface area contributed by atoms with Gasteiger partial charge in [0.25, 0.3) is 0 Å². The van der Waals surface area contributed by atoms with E-state index in [4.69, 9.17) is 14.6 Å². The van der Waals surface area contributed by atoms with Crippen LogP contribution in [0.3, 0.4) is 0 Å². The van der Waals surface area contributed by atoms with Gasteiger partial charge in [0, 0.05) is 19.6 Å². The van der Waals surface area contributed by atoms with Crippen molar-refractivity contribution in [2.45, 2.75) is 19.9 Å². The van der Waals surface area contributed by atoms with Crippen molar-refractivity contribution in [3.63, 3.8) is 0 Å². The molecule has 0 aliphatic carbocycles. The molecule has 7 heteroatoms. The van der Waals surface area contributed by atoms with Crippen LogP contribution in [0.4, 0.5) is 4.79 Å². The second kappa shape index (κ2) is 7.71. The number of hydrogen-bond donors (Lipinski definition) is 2. The quantitative estimate of drug-likeness (QED) is 0.832. The number of rotatable bonds is 6. The summed E-state index contributed by atoms with van der Waals surface area (Å²) >= 11 is 0. The molecule has 1 atom stereocenters. The van der Waals surface area contributed by atoms with Gasteiger partial charge in [0.2, 0.25) is 0 Å². The number of nitrogens with zero attached hydrogens (tertiary/aromatic N) is 1. The maximum atomic E-state index is 12.1. The Kier molecular flexibility index (Phi) is 5.67. The molecule has 1 saturated heterocycles. The Morgan fingerprint density at radius 2 is 2.17 bits per heavy atom. The lowest BCUT2D eigenvalue weighted by molar-refractivity contribution is -0.141. The number of carbonyl (C=O) groups excluding carboxylic acids is 1. The minimum Gasteiger partial charge on any atom is -0.493 e. The smallest absolute Gasteiger partial charge is 0.317 e. The number of ether oxygens (including phenoxy) is 2. The number of likely N-dealkylation sites (tertiary alicyclic amines) is 1. The summed E-state index contributed by atoms with van der Waals surface area (Å²) in [5, 5.41) is 11.8. The van der Waals surface area contributed by atoms with Crippen LogP contribution in [0.1, 0.15) is 18.9 Å². The van der Waals surface area contributed by atoms with Crippen LogP contribution in [-0.4, -0.2) is 48.8 Å². The molecule has 2 amide bonds. The Balaban J connectivity index is 1.90. The fraction of sp³-hybridized carbons (Fsp3) is 0.500. The van der Waals surface area contributed by atoms with E-state index in [1.54, 1.807) is 13.2 Å². The standard InChI is InChI=1S/C16H22N2O5/c1-3-23-13-5-4-11(8-14(13)22-2)9-17-16(21)18-7-6-12(10-18)15(19)20/h4-5,8,12H,3,6-7,9-10H2,1-2H3,(H,17,21)(H,19,20). The Labute approximate surface area is 135 Å². The first kappa shape index (κ1) is 16.9. The van der Waals surface area contributed by atoms with Crippen molar-refractivity contribution >= 4 is 12.0 Å². The molecule has 0 bridgehead atoms. The van der Waals surface area contributed by atoms with Gasteiger partial charge in [0.05, 0.1) is 19.6 Å². The first-order chi connectivity index (χ1) is 11.0. The van der Waals surface area contributed by atoms with Gasteiger partial charge in [0.15, 0.2) is 11.5 Å². The molecule has 1 unspecified atom stereocenters. The van der Waals surface area contributed by atoms with Gasteiger partial charge >= 0.3 is 12.0 Å². The van der Waals surface area contributed by atoms with Crippen LogP contribution in [0.2, 0.25) is 0 Å². The van der Waals surface area contributed by atoms with Crippen LogP contribution >= 0.6 is 0 Å². The number of aliphatic carboxylic acids is 1. The van der Waals surface area contributed by atoms with Gasteiger partial charge in [-0.15, -0.1) is 0 Å². The van der Waals surface area contributed by atoms with Crippen LogP contribution in [0.15, 0.2) is 18.2 Å². The van der Waals surface area contributed by atoms with E-state index in [9.17, 15) is 9.59 Å². The molecule has 0 saturated carbocycles. The molecule has 0 radical (unpaired) electrons. The van der Waals surface area contributed by atoms with Gasteiger partial charge in [-0.05, 0) is 31.0 Å². The van der Waals surface area contributed by atoms with Crippen molar-refractivity contribution in [1.82, 2.24) is 10.2 Å². The fourth-order valence-corrected chi connectivity index (χ4v) is 2.53. The van der Waals surface area contributed by atoms with Gasteiger partial charge in [-0.1, -0.05) is 6.07 Å². The second-order valence-corrected chi connectivity index (χ2v) is 5.35. The Hall–Kier alpha value is -2.44. The van der Waals surface area contributed by atoms with Crippen LogP contribution in [0.25, 0.3) is 0 Å².